The summed E-state index contributed by atoms with van der Waals surface area (Å²) in [6, 6.07) is 6.12. The Morgan fingerprint density at radius 2 is 1.75 bits per heavy atom. The van der Waals surface area contributed by atoms with Crippen molar-refractivity contribution in [3.8, 4) is 0 Å². The highest BCUT2D eigenvalue weighted by molar-refractivity contribution is 5.93. The quantitative estimate of drug-likeness (QED) is 0.879. The van der Waals surface area contributed by atoms with Gasteiger partial charge < -0.3 is 15.0 Å². The minimum Gasteiger partial charge on any atom is -0.385 e. The molecule has 126 valence electrons. The zero-order chi connectivity index (χ0) is 17.3. The number of halogens is 2. The maximum atomic E-state index is 13.9. The predicted octanol–water partition coefficient (Wildman–Crippen LogP) is 1.78. The number of benzene rings is 1. The summed E-state index contributed by atoms with van der Waals surface area (Å²) in [7, 11) is 0. The van der Waals surface area contributed by atoms with E-state index in [2.05, 4.69) is 4.98 Å². The summed E-state index contributed by atoms with van der Waals surface area (Å²) in [6.45, 7) is 0.310. The Bertz CT molecular complexity index is 786. The van der Waals surface area contributed by atoms with Crippen molar-refractivity contribution in [3.63, 3.8) is 0 Å². The number of hydrogen-bond donors (Lipinski definition) is 2. The molecule has 1 aliphatic heterocycles. The number of amides is 1. The number of pyridine rings is 1. The zero-order valence-corrected chi connectivity index (χ0v) is 12.8. The van der Waals surface area contributed by atoms with Gasteiger partial charge in [-0.1, -0.05) is 6.07 Å². The normalized spacial score (nSPS) is 16.9. The maximum absolute atomic E-state index is 13.9. The molecule has 7 heteroatoms. The van der Waals surface area contributed by atoms with E-state index in [1.54, 1.807) is 0 Å². The third kappa shape index (κ3) is 2.94. The Hall–Kier alpha value is -2.54. The van der Waals surface area contributed by atoms with E-state index in [-0.39, 0.29) is 43.0 Å². The molecule has 1 saturated heterocycles. The summed E-state index contributed by atoms with van der Waals surface area (Å²) in [5.74, 6) is -1.89. The molecule has 1 aromatic carbocycles. The first kappa shape index (κ1) is 16.3. The number of aliphatic hydroxyl groups is 1. The van der Waals surface area contributed by atoms with Gasteiger partial charge in [0, 0.05) is 25.4 Å². The molecular weight excluding hydrogens is 318 g/mol. The lowest BCUT2D eigenvalue weighted by atomic mass is 9.83. The second-order valence-corrected chi connectivity index (χ2v) is 5.86. The molecule has 2 heterocycles. The van der Waals surface area contributed by atoms with Crippen molar-refractivity contribution in [1.82, 2.24) is 9.88 Å². The standard InChI is InChI=1S/C17H16F2N2O3/c18-12-2-1-3-13(19)15(12)17(24)6-8-21(9-7-17)16(23)11-4-5-14(22)20-10-11/h1-5,10,24H,6-9H2,(H,20,22). The van der Waals surface area contributed by atoms with Crippen LogP contribution in [0.5, 0.6) is 0 Å². The first-order valence-corrected chi connectivity index (χ1v) is 7.56. The van der Waals surface area contributed by atoms with Crippen LogP contribution in [-0.4, -0.2) is 34.0 Å². The third-order valence-corrected chi connectivity index (χ3v) is 4.34. The SMILES string of the molecule is O=C(c1ccc(=O)[nH]c1)N1CCC(O)(c2c(F)cccc2F)CC1. The first-order valence-electron chi connectivity index (χ1n) is 7.56. The van der Waals surface area contributed by atoms with Gasteiger partial charge in [-0.2, -0.15) is 0 Å². The molecule has 5 nitrogen and oxygen atoms in total. The number of carbonyl (C=O) groups is 1. The number of nitrogens with zero attached hydrogens (tertiary/aromatic N) is 1. The van der Waals surface area contributed by atoms with E-state index in [9.17, 15) is 23.5 Å². The lowest BCUT2D eigenvalue weighted by molar-refractivity contribution is -0.0262. The molecule has 0 saturated carbocycles. The Morgan fingerprint density at radius 1 is 1.12 bits per heavy atom. The van der Waals surface area contributed by atoms with Crippen molar-refractivity contribution in [1.29, 1.82) is 0 Å². The molecule has 24 heavy (non-hydrogen) atoms. The fraction of sp³-hybridized carbons (Fsp3) is 0.294. The summed E-state index contributed by atoms with van der Waals surface area (Å²) in [5, 5.41) is 10.6. The second kappa shape index (κ2) is 6.16. The highest BCUT2D eigenvalue weighted by atomic mass is 19.1. The average molecular weight is 334 g/mol. The van der Waals surface area contributed by atoms with E-state index in [0.29, 0.717) is 5.56 Å². The maximum Gasteiger partial charge on any atom is 0.255 e. The molecule has 2 aromatic rings. The third-order valence-electron chi connectivity index (χ3n) is 4.34. The van der Waals surface area contributed by atoms with Gasteiger partial charge in [0.2, 0.25) is 5.56 Å². The van der Waals surface area contributed by atoms with Crippen LogP contribution in [0.3, 0.4) is 0 Å². The van der Waals surface area contributed by atoms with Gasteiger partial charge in [0.05, 0.1) is 16.7 Å². The van der Waals surface area contributed by atoms with E-state index in [0.717, 1.165) is 12.1 Å². The van der Waals surface area contributed by atoms with Crippen molar-refractivity contribution in [2.75, 3.05) is 13.1 Å². The van der Waals surface area contributed by atoms with Crippen LogP contribution < -0.4 is 5.56 Å². The van der Waals surface area contributed by atoms with Crippen LogP contribution in [0.2, 0.25) is 0 Å². The van der Waals surface area contributed by atoms with Crippen LogP contribution in [0.25, 0.3) is 0 Å². The molecule has 0 bridgehead atoms. The van der Waals surface area contributed by atoms with Crippen molar-refractivity contribution >= 4 is 5.91 Å². The van der Waals surface area contributed by atoms with E-state index < -0.39 is 17.2 Å². The van der Waals surface area contributed by atoms with E-state index in [4.69, 9.17) is 0 Å². The molecule has 1 aromatic heterocycles. The fourth-order valence-corrected chi connectivity index (χ4v) is 3.00. The largest absolute Gasteiger partial charge is 0.385 e. The number of aromatic nitrogens is 1. The number of likely N-dealkylation sites (tertiary alicyclic amines) is 1. The van der Waals surface area contributed by atoms with Gasteiger partial charge in [-0.05, 0) is 31.0 Å². The Morgan fingerprint density at radius 3 is 2.29 bits per heavy atom. The highest BCUT2D eigenvalue weighted by Gasteiger charge is 2.39. The van der Waals surface area contributed by atoms with Crippen LogP contribution in [0.1, 0.15) is 28.8 Å². The monoisotopic (exact) mass is 334 g/mol. The Kier molecular flexibility index (Phi) is 4.19. The molecule has 0 radical (unpaired) electrons. The highest BCUT2D eigenvalue weighted by Crippen LogP contribution is 2.36. The van der Waals surface area contributed by atoms with Crippen LogP contribution in [0.4, 0.5) is 8.78 Å². The molecule has 2 N–H and O–H groups in total. The first-order chi connectivity index (χ1) is 11.4. The molecule has 0 atom stereocenters. The van der Waals surface area contributed by atoms with Crippen molar-refractivity contribution in [3.05, 3.63) is 69.6 Å². The van der Waals surface area contributed by atoms with E-state index in [1.807, 2.05) is 0 Å². The summed E-state index contributed by atoms with van der Waals surface area (Å²) >= 11 is 0. The lowest BCUT2D eigenvalue weighted by Gasteiger charge is -2.38. The van der Waals surface area contributed by atoms with Gasteiger partial charge >= 0.3 is 0 Å². The number of hydrogen-bond acceptors (Lipinski definition) is 3. The summed E-state index contributed by atoms with van der Waals surface area (Å²) in [6.07, 6.45) is 1.38. The number of carbonyl (C=O) groups excluding carboxylic acids is 1. The minimum absolute atomic E-state index is 0.0277. The second-order valence-electron chi connectivity index (χ2n) is 5.86. The predicted molar refractivity (Wildman–Crippen MR) is 82.5 cm³/mol. The summed E-state index contributed by atoms with van der Waals surface area (Å²) in [4.78, 5) is 27.3. The van der Waals surface area contributed by atoms with Crippen LogP contribution in [0, 0.1) is 11.6 Å². The van der Waals surface area contributed by atoms with Crippen LogP contribution in [-0.2, 0) is 5.60 Å². The van der Waals surface area contributed by atoms with Gasteiger partial charge in [0.15, 0.2) is 0 Å². The molecule has 1 aliphatic rings. The molecule has 3 rings (SSSR count). The zero-order valence-electron chi connectivity index (χ0n) is 12.8. The Labute approximate surface area is 136 Å². The van der Waals surface area contributed by atoms with Gasteiger partial charge in [-0.25, -0.2) is 8.78 Å². The molecule has 0 unspecified atom stereocenters. The molecule has 1 fully saturated rings. The van der Waals surface area contributed by atoms with Gasteiger partial charge in [0.25, 0.3) is 5.91 Å². The topological polar surface area (TPSA) is 73.4 Å². The number of piperidine rings is 1. The average Bonchev–Trinajstić information content (AvgIpc) is 2.55. The summed E-state index contributed by atoms with van der Waals surface area (Å²) in [5.41, 5.74) is -1.98. The number of H-pyrrole nitrogens is 1. The number of aromatic amines is 1. The van der Waals surface area contributed by atoms with E-state index in [1.165, 1.54) is 29.3 Å². The van der Waals surface area contributed by atoms with Crippen molar-refractivity contribution in [2.45, 2.75) is 18.4 Å². The van der Waals surface area contributed by atoms with Crippen LogP contribution >= 0.6 is 0 Å². The molecule has 1 amide bonds. The Balaban J connectivity index is 1.77. The molecule has 0 spiro atoms. The van der Waals surface area contributed by atoms with Gasteiger partial charge in [-0.15, -0.1) is 0 Å². The van der Waals surface area contributed by atoms with Gasteiger partial charge in [0.1, 0.15) is 11.6 Å². The van der Waals surface area contributed by atoms with Crippen molar-refractivity contribution in [2.24, 2.45) is 0 Å². The lowest BCUT2D eigenvalue weighted by Crippen LogP contribution is -2.46. The summed E-state index contributed by atoms with van der Waals surface area (Å²) < 4.78 is 27.8. The van der Waals surface area contributed by atoms with Crippen molar-refractivity contribution < 1.29 is 18.7 Å². The van der Waals surface area contributed by atoms with Gasteiger partial charge in [-0.3, -0.25) is 9.59 Å². The number of rotatable bonds is 2. The van der Waals surface area contributed by atoms with Crippen LogP contribution in [0.15, 0.2) is 41.3 Å². The smallest absolute Gasteiger partial charge is 0.255 e. The number of nitrogens with one attached hydrogen (secondary N) is 1. The fourth-order valence-electron chi connectivity index (χ4n) is 3.00. The molecule has 0 aliphatic carbocycles. The minimum atomic E-state index is -1.64. The molecular formula is C17H16F2N2O3. The van der Waals surface area contributed by atoms with E-state index >= 15 is 0 Å².